The van der Waals surface area contributed by atoms with Crippen molar-refractivity contribution in [1.29, 1.82) is 0 Å². The average Bonchev–Trinajstić information content (AvgIpc) is 2.48. The number of hydrogen-bond donors (Lipinski definition) is 1. The summed E-state index contributed by atoms with van der Waals surface area (Å²) in [5.74, 6) is -3.43. The van der Waals surface area contributed by atoms with Crippen molar-refractivity contribution in [3.8, 4) is 0 Å². The highest BCUT2D eigenvalue weighted by molar-refractivity contribution is 5.95. The van der Waals surface area contributed by atoms with E-state index in [1.165, 1.54) is 0 Å². The van der Waals surface area contributed by atoms with Crippen LogP contribution in [0.25, 0.3) is 0 Å². The SMILES string of the molecule is Cc1cc(C)c(C(=O)O)c(N2CCCC(F)(F)CC2)n1. The van der Waals surface area contributed by atoms with E-state index < -0.39 is 11.9 Å². The monoisotopic (exact) mass is 284 g/mol. The predicted octanol–water partition coefficient (Wildman–Crippen LogP) is 3.02. The van der Waals surface area contributed by atoms with Gasteiger partial charge in [0, 0.05) is 31.6 Å². The van der Waals surface area contributed by atoms with E-state index in [2.05, 4.69) is 4.98 Å². The molecule has 0 saturated carbocycles. The molecule has 0 atom stereocenters. The first-order valence-corrected chi connectivity index (χ1v) is 6.64. The third kappa shape index (κ3) is 3.05. The van der Waals surface area contributed by atoms with Gasteiger partial charge in [0.05, 0.1) is 0 Å². The predicted molar refractivity (Wildman–Crippen MR) is 71.7 cm³/mol. The van der Waals surface area contributed by atoms with Gasteiger partial charge in [-0.15, -0.1) is 0 Å². The van der Waals surface area contributed by atoms with Crippen molar-refractivity contribution in [2.24, 2.45) is 0 Å². The maximum absolute atomic E-state index is 13.4. The Hall–Kier alpha value is -1.72. The van der Waals surface area contributed by atoms with Crippen LogP contribution in [0.5, 0.6) is 0 Å². The first-order valence-electron chi connectivity index (χ1n) is 6.64. The fourth-order valence-corrected chi connectivity index (χ4v) is 2.59. The van der Waals surface area contributed by atoms with Gasteiger partial charge < -0.3 is 10.0 Å². The quantitative estimate of drug-likeness (QED) is 0.907. The molecule has 0 aliphatic carbocycles. The van der Waals surface area contributed by atoms with Crippen molar-refractivity contribution in [3.05, 3.63) is 22.9 Å². The van der Waals surface area contributed by atoms with Gasteiger partial charge in [0.2, 0.25) is 5.92 Å². The fourth-order valence-electron chi connectivity index (χ4n) is 2.59. The summed E-state index contributed by atoms with van der Waals surface area (Å²) >= 11 is 0. The summed E-state index contributed by atoms with van der Waals surface area (Å²) < 4.78 is 26.8. The van der Waals surface area contributed by atoms with Gasteiger partial charge in [-0.2, -0.15) is 0 Å². The van der Waals surface area contributed by atoms with Crippen molar-refractivity contribution < 1.29 is 18.7 Å². The number of rotatable bonds is 2. The van der Waals surface area contributed by atoms with Gasteiger partial charge in [0.15, 0.2) is 0 Å². The number of carboxylic acids is 1. The van der Waals surface area contributed by atoms with Crippen LogP contribution in [-0.2, 0) is 0 Å². The van der Waals surface area contributed by atoms with E-state index in [1.54, 1.807) is 24.8 Å². The number of alkyl halides is 2. The molecule has 0 amide bonds. The van der Waals surface area contributed by atoms with Gasteiger partial charge in [-0.1, -0.05) is 0 Å². The van der Waals surface area contributed by atoms with Crippen LogP contribution < -0.4 is 4.90 Å². The van der Waals surface area contributed by atoms with E-state index in [0.29, 0.717) is 30.0 Å². The van der Waals surface area contributed by atoms with Gasteiger partial charge in [-0.05, 0) is 31.9 Å². The molecule has 1 N–H and O–H groups in total. The summed E-state index contributed by atoms with van der Waals surface area (Å²) in [5.41, 5.74) is 1.41. The zero-order chi connectivity index (χ0) is 14.9. The van der Waals surface area contributed by atoms with Crippen LogP contribution in [0.4, 0.5) is 14.6 Å². The van der Waals surface area contributed by atoms with E-state index >= 15 is 0 Å². The summed E-state index contributed by atoms with van der Waals surface area (Å²) in [6.45, 7) is 4.01. The number of aromatic carboxylic acids is 1. The maximum atomic E-state index is 13.4. The zero-order valence-corrected chi connectivity index (χ0v) is 11.6. The van der Waals surface area contributed by atoms with Crippen LogP contribution in [0.1, 0.15) is 40.9 Å². The first-order chi connectivity index (χ1) is 9.30. The van der Waals surface area contributed by atoms with Crippen molar-refractivity contribution in [1.82, 2.24) is 4.98 Å². The number of carbonyl (C=O) groups is 1. The van der Waals surface area contributed by atoms with E-state index in [1.807, 2.05) is 0 Å². The Balaban J connectivity index is 2.39. The molecule has 1 aliphatic rings. The second-order valence-electron chi connectivity index (χ2n) is 5.28. The molecule has 1 fully saturated rings. The van der Waals surface area contributed by atoms with Gasteiger partial charge >= 0.3 is 5.97 Å². The number of nitrogens with zero attached hydrogens (tertiary/aromatic N) is 2. The highest BCUT2D eigenvalue weighted by atomic mass is 19.3. The second kappa shape index (κ2) is 5.34. The highest BCUT2D eigenvalue weighted by Gasteiger charge is 2.33. The van der Waals surface area contributed by atoms with Crippen molar-refractivity contribution in [2.45, 2.75) is 39.0 Å². The Kier molecular flexibility index (Phi) is 3.92. The zero-order valence-electron chi connectivity index (χ0n) is 11.6. The number of anilines is 1. The lowest BCUT2D eigenvalue weighted by atomic mass is 10.1. The normalized spacial score (nSPS) is 18.7. The number of aromatic nitrogens is 1. The Morgan fingerprint density at radius 3 is 2.70 bits per heavy atom. The molecule has 1 aliphatic heterocycles. The molecule has 1 saturated heterocycles. The number of carboxylic acid groups (broad SMARTS) is 1. The van der Waals surface area contributed by atoms with Crippen LogP contribution in [-0.4, -0.2) is 35.1 Å². The second-order valence-corrected chi connectivity index (χ2v) is 5.28. The van der Waals surface area contributed by atoms with E-state index in [-0.39, 0.29) is 24.9 Å². The maximum Gasteiger partial charge on any atom is 0.339 e. The number of aryl methyl sites for hydroxylation is 2. The third-order valence-corrected chi connectivity index (χ3v) is 3.56. The molecule has 2 heterocycles. The lowest BCUT2D eigenvalue weighted by Crippen LogP contribution is -2.29. The number of pyridine rings is 1. The molecule has 0 spiro atoms. The molecular formula is C14H18F2N2O2. The summed E-state index contributed by atoms with van der Waals surface area (Å²) in [5, 5.41) is 9.33. The van der Waals surface area contributed by atoms with Crippen LogP contribution >= 0.6 is 0 Å². The highest BCUT2D eigenvalue weighted by Crippen LogP contribution is 2.31. The van der Waals surface area contributed by atoms with Gasteiger partial charge in [0.25, 0.3) is 0 Å². The molecule has 20 heavy (non-hydrogen) atoms. The lowest BCUT2D eigenvalue weighted by Gasteiger charge is -2.24. The molecule has 110 valence electrons. The molecule has 6 heteroatoms. The van der Waals surface area contributed by atoms with Crippen LogP contribution in [0.3, 0.4) is 0 Å². The summed E-state index contributed by atoms with van der Waals surface area (Å²) in [7, 11) is 0. The summed E-state index contributed by atoms with van der Waals surface area (Å²) in [6.07, 6.45) is -0.0852. The minimum atomic E-state index is -2.67. The molecule has 1 aromatic heterocycles. The topological polar surface area (TPSA) is 53.4 Å². The van der Waals surface area contributed by atoms with Crippen molar-refractivity contribution >= 4 is 11.8 Å². The van der Waals surface area contributed by atoms with Gasteiger partial charge in [0.1, 0.15) is 11.4 Å². The molecule has 0 unspecified atom stereocenters. The molecule has 2 rings (SSSR count). The van der Waals surface area contributed by atoms with E-state index in [4.69, 9.17) is 0 Å². The van der Waals surface area contributed by atoms with Crippen molar-refractivity contribution in [3.63, 3.8) is 0 Å². The van der Waals surface area contributed by atoms with E-state index in [9.17, 15) is 18.7 Å². The number of hydrogen-bond acceptors (Lipinski definition) is 3. The average molecular weight is 284 g/mol. The summed E-state index contributed by atoms with van der Waals surface area (Å²) in [4.78, 5) is 17.3. The molecule has 0 radical (unpaired) electrons. The van der Waals surface area contributed by atoms with Gasteiger partial charge in [-0.25, -0.2) is 18.6 Å². The standard InChI is InChI=1S/C14H18F2N2O2/c1-9-8-10(2)17-12(11(9)13(19)20)18-6-3-4-14(15,16)5-7-18/h8H,3-7H2,1-2H3,(H,19,20). The Morgan fingerprint density at radius 1 is 1.35 bits per heavy atom. The Bertz CT molecular complexity index is 532. The van der Waals surface area contributed by atoms with Crippen LogP contribution in [0.2, 0.25) is 0 Å². The molecule has 0 aromatic carbocycles. The minimum Gasteiger partial charge on any atom is -0.478 e. The Morgan fingerprint density at radius 2 is 2.05 bits per heavy atom. The third-order valence-electron chi connectivity index (χ3n) is 3.56. The first kappa shape index (κ1) is 14.7. The van der Waals surface area contributed by atoms with Gasteiger partial charge in [-0.3, -0.25) is 0 Å². The molecule has 4 nitrogen and oxygen atoms in total. The lowest BCUT2D eigenvalue weighted by molar-refractivity contribution is -0.0102. The van der Waals surface area contributed by atoms with Crippen molar-refractivity contribution in [2.75, 3.05) is 18.0 Å². The largest absolute Gasteiger partial charge is 0.478 e. The van der Waals surface area contributed by atoms with Crippen LogP contribution in [0, 0.1) is 13.8 Å². The van der Waals surface area contributed by atoms with E-state index in [0.717, 1.165) is 0 Å². The molecule has 0 bridgehead atoms. The summed E-state index contributed by atoms with van der Waals surface area (Å²) in [6, 6.07) is 1.69. The van der Waals surface area contributed by atoms with Crippen LogP contribution in [0.15, 0.2) is 6.07 Å². The fraction of sp³-hybridized carbons (Fsp3) is 0.571. The number of halogens is 2. The smallest absolute Gasteiger partial charge is 0.339 e. The minimum absolute atomic E-state index is 0.112. The molecular weight excluding hydrogens is 266 g/mol. The Labute approximate surface area is 116 Å². The molecule has 1 aromatic rings.